The highest BCUT2D eigenvalue weighted by atomic mass is 35.5. The second-order valence-electron chi connectivity index (χ2n) is 6.08. The molecule has 0 spiro atoms. The summed E-state index contributed by atoms with van der Waals surface area (Å²) in [5, 5.41) is 2.95. The van der Waals surface area contributed by atoms with Gasteiger partial charge in [-0.05, 0) is 42.0 Å². The summed E-state index contributed by atoms with van der Waals surface area (Å²) in [6.07, 6.45) is 1.94. The molecule has 126 valence electrons. The van der Waals surface area contributed by atoms with Gasteiger partial charge in [-0.15, -0.1) is 0 Å². The summed E-state index contributed by atoms with van der Waals surface area (Å²) in [5.41, 5.74) is 2.13. The highest BCUT2D eigenvalue weighted by Crippen LogP contribution is 2.27. The number of carbonyl (C=O) groups excluding carboxylic acids is 1. The Kier molecular flexibility index (Phi) is 5.36. The maximum Gasteiger partial charge on any atom is 0.317 e. The topological polar surface area (TPSA) is 32.3 Å². The van der Waals surface area contributed by atoms with E-state index in [0.717, 1.165) is 31.5 Å². The van der Waals surface area contributed by atoms with Crippen molar-refractivity contribution < 1.29 is 9.18 Å². The summed E-state index contributed by atoms with van der Waals surface area (Å²) < 4.78 is 13.1. The van der Waals surface area contributed by atoms with Gasteiger partial charge in [0.2, 0.25) is 0 Å². The molecule has 1 N–H and O–H groups in total. The SMILES string of the molecule is O=C(NCc1ccc(F)c(Cl)c1)N1CCC(c2ccccc2)CC1. The molecule has 0 unspecified atom stereocenters. The van der Waals surface area contributed by atoms with Crippen molar-refractivity contribution in [2.45, 2.75) is 25.3 Å². The van der Waals surface area contributed by atoms with E-state index < -0.39 is 5.82 Å². The first-order valence-electron chi connectivity index (χ1n) is 8.15. The van der Waals surface area contributed by atoms with E-state index in [1.807, 2.05) is 11.0 Å². The Hall–Kier alpha value is -2.07. The van der Waals surface area contributed by atoms with Crippen LogP contribution in [0.5, 0.6) is 0 Å². The first kappa shape index (κ1) is 16.8. The molecule has 3 rings (SSSR count). The normalized spacial score (nSPS) is 15.3. The zero-order chi connectivity index (χ0) is 16.9. The van der Waals surface area contributed by atoms with Crippen LogP contribution >= 0.6 is 11.6 Å². The second-order valence-corrected chi connectivity index (χ2v) is 6.49. The molecule has 1 fully saturated rings. The van der Waals surface area contributed by atoms with Crippen LogP contribution in [0.3, 0.4) is 0 Å². The number of hydrogen-bond acceptors (Lipinski definition) is 1. The second kappa shape index (κ2) is 7.67. The molecule has 1 heterocycles. The molecule has 1 aliphatic rings. The molecule has 2 aromatic carbocycles. The fourth-order valence-corrected chi connectivity index (χ4v) is 3.28. The Morgan fingerprint density at radius 3 is 2.54 bits per heavy atom. The summed E-state index contributed by atoms with van der Waals surface area (Å²) >= 11 is 5.75. The first-order valence-corrected chi connectivity index (χ1v) is 8.53. The van der Waals surface area contributed by atoms with E-state index in [1.54, 1.807) is 12.1 Å². The Balaban J connectivity index is 1.49. The summed E-state index contributed by atoms with van der Waals surface area (Å²) in [6.45, 7) is 1.84. The molecule has 2 amide bonds. The lowest BCUT2D eigenvalue weighted by molar-refractivity contribution is 0.181. The van der Waals surface area contributed by atoms with Crippen molar-refractivity contribution in [1.29, 1.82) is 0 Å². The fraction of sp³-hybridized carbons (Fsp3) is 0.316. The Bertz CT molecular complexity index is 700. The molecular weight excluding hydrogens is 327 g/mol. The van der Waals surface area contributed by atoms with Gasteiger partial charge in [-0.1, -0.05) is 48.0 Å². The predicted molar refractivity (Wildman–Crippen MR) is 93.6 cm³/mol. The largest absolute Gasteiger partial charge is 0.334 e. The third-order valence-corrected chi connectivity index (χ3v) is 4.77. The fourth-order valence-electron chi connectivity index (χ4n) is 3.08. The van der Waals surface area contributed by atoms with Gasteiger partial charge in [-0.3, -0.25) is 0 Å². The zero-order valence-electron chi connectivity index (χ0n) is 13.3. The molecule has 24 heavy (non-hydrogen) atoms. The van der Waals surface area contributed by atoms with Crippen molar-refractivity contribution in [3.8, 4) is 0 Å². The Labute approximate surface area is 146 Å². The molecular formula is C19H20ClFN2O. The smallest absolute Gasteiger partial charge is 0.317 e. The molecule has 0 radical (unpaired) electrons. The molecule has 2 aromatic rings. The quantitative estimate of drug-likeness (QED) is 0.867. The molecule has 0 bridgehead atoms. The van der Waals surface area contributed by atoms with Crippen molar-refractivity contribution >= 4 is 17.6 Å². The average molecular weight is 347 g/mol. The number of likely N-dealkylation sites (tertiary alicyclic amines) is 1. The van der Waals surface area contributed by atoms with E-state index in [-0.39, 0.29) is 11.1 Å². The Morgan fingerprint density at radius 1 is 1.17 bits per heavy atom. The molecule has 1 saturated heterocycles. The van der Waals surface area contributed by atoms with Crippen LogP contribution in [0.25, 0.3) is 0 Å². The maximum absolute atomic E-state index is 13.1. The summed E-state index contributed by atoms with van der Waals surface area (Å²) in [4.78, 5) is 14.1. The molecule has 3 nitrogen and oxygen atoms in total. The van der Waals surface area contributed by atoms with Crippen LogP contribution in [-0.2, 0) is 6.54 Å². The summed E-state index contributed by atoms with van der Waals surface area (Å²) in [6, 6.07) is 14.8. The number of amides is 2. The Morgan fingerprint density at radius 2 is 1.88 bits per heavy atom. The van der Waals surface area contributed by atoms with Crippen molar-refractivity contribution in [3.63, 3.8) is 0 Å². The summed E-state index contributed by atoms with van der Waals surface area (Å²) in [7, 11) is 0. The minimum atomic E-state index is -0.449. The predicted octanol–water partition coefficient (Wildman–Crippen LogP) is 4.57. The molecule has 1 aliphatic heterocycles. The molecule has 0 aromatic heterocycles. The number of urea groups is 1. The highest BCUT2D eigenvalue weighted by molar-refractivity contribution is 6.30. The van der Waals surface area contributed by atoms with Crippen molar-refractivity contribution in [2.24, 2.45) is 0 Å². The van der Waals surface area contributed by atoms with Gasteiger partial charge in [0.1, 0.15) is 5.82 Å². The van der Waals surface area contributed by atoms with Gasteiger partial charge in [-0.25, -0.2) is 9.18 Å². The van der Waals surface area contributed by atoms with Gasteiger partial charge < -0.3 is 10.2 Å². The monoisotopic (exact) mass is 346 g/mol. The standard InChI is InChI=1S/C19H20ClFN2O/c20-17-12-14(6-7-18(17)21)13-22-19(24)23-10-8-16(9-11-23)15-4-2-1-3-5-15/h1-7,12,16H,8-11,13H2,(H,22,24). The number of hydrogen-bond donors (Lipinski definition) is 1. The number of rotatable bonds is 3. The van der Waals surface area contributed by atoms with Crippen LogP contribution in [0.15, 0.2) is 48.5 Å². The van der Waals surface area contributed by atoms with Crippen LogP contribution in [0.1, 0.15) is 29.9 Å². The average Bonchev–Trinajstić information content (AvgIpc) is 2.63. The number of nitrogens with one attached hydrogen (secondary N) is 1. The van der Waals surface area contributed by atoms with E-state index in [9.17, 15) is 9.18 Å². The van der Waals surface area contributed by atoms with Gasteiger partial charge in [0.15, 0.2) is 0 Å². The number of nitrogens with zero attached hydrogens (tertiary/aromatic N) is 1. The molecule has 0 atom stereocenters. The lowest BCUT2D eigenvalue weighted by Crippen LogP contribution is -2.43. The van der Waals surface area contributed by atoms with Crippen molar-refractivity contribution in [3.05, 3.63) is 70.5 Å². The number of carbonyl (C=O) groups is 1. The van der Waals surface area contributed by atoms with Gasteiger partial charge in [0.05, 0.1) is 5.02 Å². The highest BCUT2D eigenvalue weighted by Gasteiger charge is 2.23. The van der Waals surface area contributed by atoms with Crippen molar-refractivity contribution in [2.75, 3.05) is 13.1 Å². The summed E-state index contributed by atoms with van der Waals surface area (Å²) in [5.74, 6) is 0.0703. The zero-order valence-corrected chi connectivity index (χ0v) is 14.1. The van der Waals surface area contributed by atoms with Crippen LogP contribution < -0.4 is 5.32 Å². The lowest BCUT2D eigenvalue weighted by Gasteiger charge is -2.32. The van der Waals surface area contributed by atoms with Crippen molar-refractivity contribution in [1.82, 2.24) is 10.2 Å². The first-order chi connectivity index (χ1) is 11.6. The maximum atomic E-state index is 13.1. The molecule has 5 heteroatoms. The van der Waals surface area contributed by atoms with Crippen LogP contribution in [0.2, 0.25) is 5.02 Å². The number of piperidine rings is 1. The van der Waals surface area contributed by atoms with E-state index in [0.29, 0.717) is 12.5 Å². The van der Waals surface area contributed by atoms with Crippen LogP contribution in [0.4, 0.5) is 9.18 Å². The third kappa shape index (κ3) is 4.06. The molecule has 0 aliphatic carbocycles. The molecule has 0 saturated carbocycles. The third-order valence-electron chi connectivity index (χ3n) is 4.48. The van der Waals surface area contributed by atoms with E-state index in [2.05, 4.69) is 29.6 Å². The van der Waals surface area contributed by atoms with Gasteiger partial charge in [0, 0.05) is 19.6 Å². The van der Waals surface area contributed by atoms with E-state index in [4.69, 9.17) is 11.6 Å². The van der Waals surface area contributed by atoms with Gasteiger partial charge >= 0.3 is 6.03 Å². The lowest BCUT2D eigenvalue weighted by atomic mass is 9.90. The van der Waals surface area contributed by atoms with E-state index >= 15 is 0 Å². The van der Waals surface area contributed by atoms with Crippen LogP contribution in [0, 0.1) is 5.82 Å². The number of benzene rings is 2. The van der Waals surface area contributed by atoms with Gasteiger partial charge in [-0.2, -0.15) is 0 Å². The minimum Gasteiger partial charge on any atom is -0.334 e. The minimum absolute atomic E-state index is 0.0745. The van der Waals surface area contributed by atoms with E-state index in [1.165, 1.54) is 11.6 Å². The number of halogens is 2. The van der Waals surface area contributed by atoms with Crippen LogP contribution in [-0.4, -0.2) is 24.0 Å². The van der Waals surface area contributed by atoms with Gasteiger partial charge in [0.25, 0.3) is 0 Å².